The Kier molecular flexibility index (Phi) is 28.4. The van der Waals surface area contributed by atoms with E-state index in [1.165, 1.54) is 117 Å². The molecule has 0 aliphatic rings. The van der Waals surface area contributed by atoms with Crippen molar-refractivity contribution in [1.82, 2.24) is 46.9 Å². The predicted molar refractivity (Wildman–Crippen MR) is 538 cm³/mol. The van der Waals surface area contributed by atoms with E-state index >= 15 is 0 Å². The van der Waals surface area contributed by atoms with Gasteiger partial charge in [-0.05, 0) is 182 Å². The Morgan fingerprint density at radius 2 is 0.401 bits per heavy atom. The molecule has 10 aromatic carbocycles. The van der Waals surface area contributed by atoms with E-state index < -0.39 is 76.1 Å². The zero-order valence-electron chi connectivity index (χ0n) is 75.3. The average molecular weight is 2080 g/mol. The second-order valence-electron chi connectivity index (χ2n) is 31.4. The molecule has 0 amide bonds. The second kappa shape index (κ2) is 42.2. The average Bonchev–Trinajstić information content (AvgIpc) is 1.62. The summed E-state index contributed by atoms with van der Waals surface area (Å²) >= 11 is 6.27. The molecule has 0 spiro atoms. The van der Waals surface area contributed by atoms with Crippen LogP contribution in [0.25, 0.3) is 167 Å². The van der Waals surface area contributed by atoms with Gasteiger partial charge < -0.3 is 37.4 Å². The second-order valence-corrected chi connectivity index (χ2v) is 36.4. The summed E-state index contributed by atoms with van der Waals surface area (Å²) in [6.07, 6.45) is 7.99. The number of carboxylic acid groups (broad SMARTS) is 3. The van der Waals surface area contributed by atoms with Gasteiger partial charge in [-0.25, -0.2) is 90.8 Å². The first-order valence-corrected chi connectivity index (χ1v) is 47.2. The number of benzene rings is 10. The fourth-order valence-electron chi connectivity index (χ4n) is 15.0. The summed E-state index contributed by atoms with van der Waals surface area (Å²) in [6, 6.07) is 69.6. The van der Waals surface area contributed by atoms with Gasteiger partial charge in [0.05, 0.1) is 83.0 Å². The van der Waals surface area contributed by atoms with E-state index in [2.05, 4.69) is 24.9 Å². The van der Waals surface area contributed by atoms with Crippen LogP contribution >= 0.6 is 56.7 Å². The zero-order valence-corrected chi connectivity index (χ0v) is 79.4. The molecule has 26 nitrogen and oxygen atoms in total. The third-order valence-electron chi connectivity index (χ3n) is 21.2. The van der Waals surface area contributed by atoms with Crippen LogP contribution in [0.2, 0.25) is 0 Å². The first kappa shape index (κ1) is 99.0. The molecule has 15 aromatic heterocycles. The van der Waals surface area contributed by atoms with E-state index in [1.54, 1.807) is 113 Å². The number of halogens is 10. The fraction of sp³-hybridized carbons (Fsp3) is 0.0283. The highest BCUT2D eigenvalue weighted by Crippen LogP contribution is 2.34. The van der Waals surface area contributed by atoms with Gasteiger partial charge in [-0.2, -0.15) is 0 Å². The number of nitrogens with zero attached hydrogens (tertiary/aromatic N) is 10. The molecule has 0 aliphatic heterocycles. The summed E-state index contributed by atoms with van der Waals surface area (Å²) in [7, 11) is 0. The SMILES string of the molecule is CC(=O)O.CC(=O)O.CC(=O)O.O=c1/c(=C\c2ccc(-c3ccc(F)cc3F)o2)sc2nc3ccccc3n12.O=c1/c(=C\c2ccc(-c3ccc(F)cc3F)o2)sc2nc3ccccc3n12.O=c1/c(=C\c2ccc(-c3ccc(F)cc3F)o2)sc2nc3ccccc3n12.O=c1/c(=C\c2ccc(-c3ccc(F)cc3F)o2)sc2nc3ccccc3n12.O=c1/c(=C\c2ccc(-c3ccc(F)cc3F)o2)sc2nc3ccccc3n12. The number of carbonyl (C=O) groups is 3. The van der Waals surface area contributed by atoms with Crippen molar-refractivity contribution in [2.24, 2.45) is 0 Å². The van der Waals surface area contributed by atoms with Gasteiger partial charge in [0.1, 0.15) is 138 Å². The maximum Gasteiger partial charge on any atom is 0.300 e. The molecular formula is C106H62F10N10O16S5. The van der Waals surface area contributed by atoms with Gasteiger partial charge in [-0.3, -0.25) is 38.4 Å². The third kappa shape index (κ3) is 21.5. The van der Waals surface area contributed by atoms with Crippen molar-refractivity contribution in [2.45, 2.75) is 20.8 Å². The Labute approximate surface area is 833 Å². The smallest absolute Gasteiger partial charge is 0.300 e. The highest BCUT2D eigenvalue weighted by atomic mass is 32.1. The van der Waals surface area contributed by atoms with Crippen molar-refractivity contribution in [3.8, 4) is 56.6 Å². The van der Waals surface area contributed by atoms with Gasteiger partial charge in [-0.1, -0.05) is 117 Å². The van der Waals surface area contributed by atoms with E-state index in [0.717, 1.165) is 106 Å². The van der Waals surface area contributed by atoms with E-state index in [-0.39, 0.29) is 84.4 Å². The zero-order chi connectivity index (χ0) is 103. The van der Waals surface area contributed by atoms with Crippen LogP contribution in [-0.2, 0) is 14.4 Å². The number of rotatable bonds is 10. The minimum Gasteiger partial charge on any atom is -0.481 e. The summed E-state index contributed by atoms with van der Waals surface area (Å²) in [4.78, 5) is 116. The predicted octanol–water partition coefficient (Wildman–Crippen LogP) is 20.2. The van der Waals surface area contributed by atoms with Crippen LogP contribution in [0.1, 0.15) is 49.6 Å². The number of furan rings is 5. The maximum atomic E-state index is 13.9. The molecule has 15 heterocycles. The molecule has 3 N–H and O–H groups in total. The number of aromatic nitrogens is 10. The lowest BCUT2D eigenvalue weighted by Crippen LogP contribution is -2.22. The number of carboxylic acids is 3. The van der Waals surface area contributed by atoms with Crippen molar-refractivity contribution >= 4 is 185 Å². The summed E-state index contributed by atoms with van der Waals surface area (Å²) in [5.74, 6) is -5.98. The molecule has 147 heavy (non-hydrogen) atoms. The van der Waals surface area contributed by atoms with Crippen molar-refractivity contribution in [3.05, 3.63) is 434 Å². The van der Waals surface area contributed by atoms with Crippen LogP contribution in [0, 0.1) is 58.2 Å². The maximum absolute atomic E-state index is 13.9. The van der Waals surface area contributed by atoms with Crippen molar-refractivity contribution < 1.29 is 95.7 Å². The number of thiazole rings is 5. The summed E-state index contributed by atoms with van der Waals surface area (Å²) < 4.78 is 173. The van der Waals surface area contributed by atoms with E-state index in [4.69, 9.17) is 51.8 Å². The molecule has 0 bridgehead atoms. The molecule has 0 aliphatic carbocycles. The molecule has 0 saturated carbocycles. The molecule has 0 saturated heterocycles. The highest BCUT2D eigenvalue weighted by Gasteiger charge is 2.22. The topological polar surface area (TPSA) is 349 Å². The number of hydrogen-bond donors (Lipinski definition) is 3. The highest BCUT2D eigenvalue weighted by molar-refractivity contribution is 7.16. The lowest BCUT2D eigenvalue weighted by molar-refractivity contribution is -0.135. The first-order chi connectivity index (χ1) is 70.7. The minimum absolute atomic E-state index is 0.158. The summed E-state index contributed by atoms with van der Waals surface area (Å²) in [6.45, 7) is 3.25. The van der Waals surface area contributed by atoms with Crippen LogP contribution in [-0.4, -0.2) is 80.2 Å². The van der Waals surface area contributed by atoms with E-state index in [1.807, 2.05) is 121 Å². The number of fused-ring (bicyclic) bond motifs is 15. The van der Waals surface area contributed by atoms with Crippen molar-refractivity contribution in [2.75, 3.05) is 0 Å². The van der Waals surface area contributed by atoms with E-state index in [9.17, 15) is 67.9 Å². The normalized spacial score (nSPS) is 11.9. The third-order valence-corrected chi connectivity index (χ3v) is 26.1. The number of imidazole rings is 5. The monoisotopic (exact) mass is 2080 g/mol. The Morgan fingerprint density at radius 1 is 0.245 bits per heavy atom. The van der Waals surface area contributed by atoms with Gasteiger partial charge >= 0.3 is 0 Å². The minimum atomic E-state index is -0.833. The molecule has 25 rings (SSSR count). The molecule has 25 aromatic rings. The lowest BCUT2D eigenvalue weighted by atomic mass is 10.1. The largest absolute Gasteiger partial charge is 0.481 e. The summed E-state index contributed by atoms with van der Waals surface area (Å²) in [5, 5.41) is 22.2. The Bertz CT molecular complexity index is 8790. The van der Waals surface area contributed by atoms with Gasteiger partial charge in [0, 0.05) is 81.5 Å². The van der Waals surface area contributed by atoms with Crippen molar-refractivity contribution in [3.63, 3.8) is 0 Å². The standard InChI is InChI=1S/5C20H10F2N2O2S.3C2H4O2/c5*21-11-5-7-13(14(22)9-11)17-8-6-12(26-17)10-18-19(25)24-16-4-2-1-3-15(16)23-20(24)27-18;3*1-2(3)4/h5*1-10H;3*1H3,(H,3,4)/b5*18-10+;;;. The van der Waals surface area contributed by atoms with Gasteiger partial charge in [0.15, 0.2) is 24.8 Å². The first-order valence-electron chi connectivity index (χ1n) is 43.1. The Morgan fingerprint density at radius 3 is 0.558 bits per heavy atom. The van der Waals surface area contributed by atoms with Crippen LogP contribution in [0.3, 0.4) is 0 Å². The van der Waals surface area contributed by atoms with Crippen LogP contribution in [0.15, 0.2) is 319 Å². The number of hydrogen-bond acceptors (Lipinski definition) is 23. The quantitative estimate of drug-likeness (QED) is 0.107. The number of para-hydroxylation sites is 10. The molecule has 732 valence electrons. The van der Waals surface area contributed by atoms with Gasteiger partial charge in [0.2, 0.25) is 0 Å². The van der Waals surface area contributed by atoms with Crippen LogP contribution in [0.4, 0.5) is 43.9 Å². The molecule has 0 radical (unpaired) electrons. The molecule has 0 unspecified atom stereocenters. The molecule has 0 fully saturated rings. The lowest BCUT2D eigenvalue weighted by Gasteiger charge is -1.98. The Balaban J connectivity index is 0.000000117. The van der Waals surface area contributed by atoms with E-state index in [0.29, 0.717) is 76.3 Å². The Hall–Kier alpha value is -18.2. The summed E-state index contributed by atoms with van der Waals surface area (Å²) in [5.41, 5.74) is 7.44. The van der Waals surface area contributed by atoms with Crippen LogP contribution in [0.5, 0.6) is 0 Å². The molecule has 0 atom stereocenters. The van der Waals surface area contributed by atoms with Crippen LogP contribution < -0.4 is 50.5 Å². The van der Waals surface area contributed by atoms with Crippen molar-refractivity contribution in [1.29, 1.82) is 0 Å². The van der Waals surface area contributed by atoms with Gasteiger partial charge in [0.25, 0.3) is 45.7 Å². The molecule has 41 heteroatoms. The van der Waals surface area contributed by atoms with Gasteiger partial charge in [-0.15, -0.1) is 0 Å². The fourth-order valence-corrected chi connectivity index (χ4v) is 19.9. The molecular weight excluding hydrogens is 2020 g/mol. The number of aliphatic carboxylic acids is 3.